The first-order valence-electron chi connectivity index (χ1n) is 4.82. The highest BCUT2D eigenvalue weighted by atomic mass is 35.6. The highest BCUT2D eigenvalue weighted by molar-refractivity contribution is 7.91. The Morgan fingerprint density at radius 3 is 1.12 bits per heavy atom. The van der Waals surface area contributed by atoms with Gasteiger partial charge in [-0.05, 0) is 0 Å². The summed E-state index contributed by atoms with van der Waals surface area (Å²) in [7, 11) is -4.18. The molecule has 0 saturated heterocycles. The Bertz CT molecular complexity index is 575. The van der Waals surface area contributed by atoms with Gasteiger partial charge < -0.3 is 0 Å². The summed E-state index contributed by atoms with van der Waals surface area (Å²) in [6.07, 6.45) is 0. The summed E-state index contributed by atoms with van der Waals surface area (Å²) in [5, 5.41) is 0. The Hall–Kier alpha value is 3.68. The van der Waals surface area contributed by atoms with Crippen molar-refractivity contribution in [2.45, 2.75) is 24.8 Å². The van der Waals surface area contributed by atoms with Crippen molar-refractivity contribution in [3.8, 4) is 0 Å². The van der Waals surface area contributed by atoms with Crippen molar-refractivity contribution >= 4 is 161 Å². The number of alkyl halides is 13. The second kappa shape index (κ2) is 8.07. The first-order chi connectivity index (χ1) is 10.1. The number of rotatable bonds is 6. The fourth-order valence-electron chi connectivity index (χ4n) is 1.02. The van der Waals surface area contributed by atoms with Crippen molar-refractivity contribution in [2.24, 2.45) is 0 Å². The Balaban J connectivity index is 6.52. The van der Waals surface area contributed by atoms with Crippen molar-refractivity contribution in [1.29, 1.82) is 0 Å². The van der Waals surface area contributed by atoms with E-state index in [0.717, 1.165) is 0 Å². The van der Waals surface area contributed by atoms with Gasteiger partial charge in [0.25, 0.3) is 3.67 Å². The van der Waals surface area contributed by atoms with Gasteiger partial charge in [-0.1, -0.05) is 151 Å². The van der Waals surface area contributed by atoms with Gasteiger partial charge in [0.15, 0.2) is 8.67 Å². The van der Waals surface area contributed by atoms with Crippen LogP contribution >= 0.6 is 151 Å². The molecule has 0 unspecified atom stereocenters. The van der Waals surface area contributed by atoms with Crippen LogP contribution in [0.2, 0.25) is 0 Å². The van der Waals surface area contributed by atoms with Crippen LogP contribution in [0.25, 0.3) is 0 Å². The maximum atomic E-state index is 11.9. The van der Waals surface area contributed by atoms with Crippen LogP contribution in [0, 0.1) is 0 Å². The molecule has 3 nitrogen and oxygen atoms in total. The van der Waals surface area contributed by atoms with Gasteiger partial charge in [-0.3, -0.25) is 4.18 Å². The third kappa shape index (κ3) is 4.25. The third-order valence-corrected chi connectivity index (χ3v) is 13.2. The summed E-state index contributed by atoms with van der Waals surface area (Å²) in [6, 6.07) is 0. The maximum Gasteiger partial charge on any atom is 0.304 e. The SMILES string of the molecule is COS(=O)(=O)C(Cl)(Cl)C(Cl)(Cl)C(Cl)(Cl)C(Cl)(Cl)C(Cl)(Cl)C(Cl)(Cl)Cl. The predicted molar refractivity (Wildman–Crippen MR) is 108 cm³/mol. The number of hydrogen-bond donors (Lipinski definition) is 0. The number of halogens is 13. The van der Waals surface area contributed by atoms with E-state index < -0.39 is 34.9 Å². The van der Waals surface area contributed by atoms with E-state index in [2.05, 4.69) is 4.18 Å². The summed E-state index contributed by atoms with van der Waals surface area (Å²) in [4.78, 5) is 0. The summed E-state index contributed by atoms with van der Waals surface area (Å²) in [6.45, 7) is 0. The molecule has 0 spiro atoms. The smallest absolute Gasteiger partial charge is 0.271 e. The van der Waals surface area contributed by atoms with E-state index in [1.54, 1.807) is 0 Å². The Morgan fingerprint density at radius 1 is 0.583 bits per heavy atom. The van der Waals surface area contributed by atoms with E-state index in [1.165, 1.54) is 0 Å². The Labute approximate surface area is 203 Å². The van der Waals surface area contributed by atoms with Crippen molar-refractivity contribution in [1.82, 2.24) is 0 Å². The molecule has 0 fully saturated rings. The normalized spacial score (nSPS) is 16.4. The Morgan fingerprint density at radius 2 is 0.875 bits per heavy atom. The maximum absolute atomic E-state index is 11.9. The van der Waals surface area contributed by atoms with Crippen LogP contribution in [-0.2, 0) is 14.3 Å². The lowest BCUT2D eigenvalue weighted by atomic mass is 10.1. The second-order valence-corrected chi connectivity index (χ2v) is 15.2. The van der Waals surface area contributed by atoms with Gasteiger partial charge >= 0.3 is 10.1 Å². The van der Waals surface area contributed by atoms with E-state index >= 15 is 0 Å². The molecule has 0 atom stereocenters. The molecule has 0 saturated carbocycles. The van der Waals surface area contributed by atoms with Gasteiger partial charge in [0, 0.05) is 0 Å². The molecular weight excluding hydrogens is 625 g/mol. The van der Waals surface area contributed by atoms with Crippen LogP contribution in [0.1, 0.15) is 0 Å². The van der Waals surface area contributed by atoms with E-state index in [4.69, 9.17) is 151 Å². The van der Waals surface area contributed by atoms with Crippen molar-refractivity contribution < 1.29 is 12.6 Å². The first kappa shape index (κ1) is 27.7. The average Bonchev–Trinajstić information content (AvgIpc) is 2.36. The van der Waals surface area contributed by atoms with Crippen LogP contribution in [0.5, 0.6) is 0 Å². The van der Waals surface area contributed by atoms with E-state index in [9.17, 15) is 8.42 Å². The fraction of sp³-hybridized carbons (Fsp3) is 1.00. The van der Waals surface area contributed by atoms with Crippen LogP contribution < -0.4 is 0 Å². The van der Waals surface area contributed by atoms with Gasteiger partial charge in [-0.2, -0.15) is 8.42 Å². The molecule has 146 valence electrons. The minimum absolute atomic E-state index is 0.701. The number of hydrogen-bond acceptors (Lipinski definition) is 3. The van der Waals surface area contributed by atoms with E-state index in [0.29, 0.717) is 7.11 Å². The topological polar surface area (TPSA) is 43.4 Å². The highest BCUT2D eigenvalue weighted by Gasteiger charge is 2.79. The van der Waals surface area contributed by atoms with Crippen LogP contribution in [0.15, 0.2) is 0 Å². The summed E-state index contributed by atoms with van der Waals surface area (Å²) in [5.41, 5.74) is 0. The first-order valence-corrected chi connectivity index (χ1v) is 11.1. The predicted octanol–water partition coefficient (Wildman–Crippen LogP) is 7.16. The molecule has 0 heterocycles. The molecule has 0 aliphatic rings. The van der Waals surface area contributed by atoms with Gasteiger partial charge in [-0.15, -0.1) is 0 Å². The molecule has 0 amide bonds. The lowest BCUT2D eigenvalue weighted by molar-refractivity contribution is 0.383. The molecule has 17 heteroatoms. The molecule has 0 aliphatic heterocycles. The molecular formula is C7H3Cl13O3S. The molecule has 0 aromatic heterocycles. The summed E-state index contributed by atoms with van der Waals surface area (Å²) < 4.78 is 10.1. The zero-order valence-corrected chi connectivity index (χ0v) is 21.2. The van der Waals surface area contributed by atoms with Crippen molar-refractivity contribution in [3.05, 3.63) is 0 Å². The largest absolute Gasteiger partial charge is 0.304 e. The van der Waals surface area contributed by atoms with Gasteiger partial charge in [0.1, 0.15) is 0 Å². The van der Waals surface area contributed by atoms with Gasteiger partial charge in [0.2, 0.25) is 12.5 Å². The van der Waals surface area contributed by atoms with E-state index in [1.807, 2.05) is 0 Å². The quantitative estimate of drug-likeness (QED) is 0.232. The monoisotopic (exact) mass is 622 g/mol. The van der Waals surface area contributed by atoms with Crippen LogP contribution in [0.4, 0.5) is 0 Å². The molecule has 0 aromatic carbocycles. The van der Waals surface area contributed by atoms with Crippen LogP contribution in [-0.4, -0.2) is 40.3 Å². The van der Waals surface area contributed by atoms with Crippen molar-refractivity contribution in [2.75, 3.05) is 7.11 Å². The summed E-state index contributed by atoms with van der Waals surface area (Å²) >= 11 is 75.4. The molecule has 24 heavy (non-hydrogen) atoms. The van der Waals surface area contributed by atoms with Crippen LogP contribution in [0.3, 0.4) is 0 Å². The fourth-order valence-corrected chi connectivity index (χ4v) is 6.03. The Kier molecular flexibility index (Phi) is 9.31. The molecule has 0 aromatic rings. The summed E-state index contributed by atoms with van der Waals surface area (Å²) in [5.74, 6) is 0. The molecule has 0 radical (unpaired) electrons. The standard InChI is InChI=1S/C7H3Cl13O3S/c1-23-24(21,22)7(19,20)5(14,15)3(10,11)2(8,9)4(12,13)6(16,17)18/h1H3. The minimum Gasteiger partial charge on any atom is -0.271 e. The zero-order chi connectivity index (χ0) is 20.2. The third-order valence-electron chi connectivity index (χ3n) is 2.44. The molecule has 0 rings (SSSR count). The van der Waals surface area contributed by atoms with Crippen molar-refractivity contribution in [3.63, 3.8) is 0 Å². The molecule has 0 bridgehead atoms. The lowest BCUT2D eigenvalue weighted by Crippen LogP contribution is -2.66. The molecule has 0 aliphatic carbocycles. The van der Waals surface area contributed by atoms with Gasteiger partial charge in [0.05, 0.1) is 7.11 Å². The lowest BCUT2D eigenvalue weighted by Gasteiger charge is -2.49. The molecule has 0 N–H and O–H groups in total. The zero-order valence-electron chi connectivity index (χ0n) is 10.5. The van der Waals surface area contributed by atoms with Gasteiger partial charge in [-0.25, -0.2) is 0 Å². The average molecular weight is 628 g/mol. The highest BCUT2D eigenvalue weighted by Crippen LogP contribution is 2.69. The second-order valence-electron chi connectivity index (χ2n) is 3.93. The van der Waals surface area contributed by atoms with E-state index in [-0.39, 0.29) is 0 Å². The minimum atomic E-state index is -4.88.